The summed E-state index contributed by atoms with van der Waals surface area (Å²) < 4.78 is 10.7. The van der Waals surface area contributed by atoms with Gasteiger partial charge in [0.1, 0.15) is 6.79 Å². The number of hydrogen-bond donors (Lipinski definition) is 2. The standard InChI is InChI=1S/C14H22O4/c1-12(14(16)7-8-15)9-17-11-18-10-13-5-3-2-4-6-13/h2-6,12,14-16H,7-11H2,1H3/t12-,14-/m1/s1. The van der Waals surface area contributed by atoms with Crippen LogP contribution in [0.5, 0.6) is 0 Å². The lowest BCUT2D eigenvalue weighted by atomic mass is 10.0. The molecule has 0 spiro atoms. The summed E-state index contributed by atoms with van der Waals surface area (Å²) in [6.45, 7) is 3.04. The first-order valence-electron chi connectivity index (χ1n) is 6.22. The first-order valence-corrected chi connectivity index (χ1v) is 6.22. The van der Waals surface area contributed by atoms with Crippen molar-refractivity contribution in [3.8, 4) is 0 Å². The van der Waals surface area contributed by atoms with E-state index in [1.807, 2.05) is 37.3 Å². The zero-order valence-electron chi connectivity index (χ0n) is 10.8. The van der Waals surface area contributed by atoms with Crippen LogP contribution in [0.15, 0.2) is 30.3 Å². The molecule has 1 aromatic rings. The third-order valence-electron chi connectivity index (χ3n) is 2.74. The Morgan fingerprint density at radius 3 is 2.56 bits per heavy atom. The maximum atomic E-state index is 9.57. The van der Waals surface area contributed by atoms with Gasteiger partial charge in [-0.3, -0.25) is 0 Å². The van der Waals surface area contributed by atoms with Crippen molar-refractivity contribution in [1.82, 2.24) is 0 Å². The van der Waals surface area contributed by atoms with Crippen LogP contribution < -0.4 is 0 Å². The Morgan fingerprint density at radius 2 is 1.89 bits per heavy atom. The number of benzene rings is 1. The van der Waals surface area contributed by atoms with Gasteiger partial charge in [-0.25, -0.2) is 0 Å². The van der Waals surface area contributed by atoms with E-state index in [0.717, 1.165) is 5.56 Å². The van der Waals surface area contributed by atoms with Crippen LogP contribution in [0.1, 0.15) is 18.9 Å². The predicted molar refractivity (Wildman–Crippen MR) is 68.9 cm³/mol. The lowest BCUT2D eigenvalue weighted by molar-refractivity contribution is -0.0826. The summed E-state index contributed by atoms with van der Waals surface area (Å²) in [7, 11) is 0. The molecule has 2 N–H and O–H groups in total. The van der Waals surface area contributed by atoms with Crippen molar-refractivity contribution in [2.75, 3.05) is 20.0 Å². The molecule has 4 nitrogen and oxygen atoms in total. The van der Waals surface area contributed by atoms with E-state index in [0.29, 0.717) is 19.6 Å². The van der Waals surface area contributed by atoms with Gasteiger partial charge >= 0.3 is 0 Å². The molecule has 0 aliphatic heterocycles. The summed E-state index contributed by atoms with van der Waals surface area (Å²) >= 11 is 0. The average Bonchev–Trinajstić information content (AvgIpc) is 2.39. The van der Waals surface area contributed by atoms with E-state index in [1.54, 1.807) is 0 Å². The van der Waals surface area contributed by atoms with Crippen molar-refractivity contribution in [2.45, 2.75) is 26.1 Å². The average molecular weight is 254 g/mol. The molecule has 0 aromatic heterocycles. The minimum Gasteiger partial charge on any atom is -0.396 e. The number of ether oxygens (including phenoxy) is 2. The third-order valence-corrected chi connectivity index (χ3v) is 2.74. The maximum Gasteiger partial charge on any atom is 0.147 e. The topological polar surface area (TPSA) is 58.9 Å². The van der Waals surface area contributed by atoms with Gasteiger partial charge < -0.3 is 19.7 Å². The van der Waals surface area contributed by atoms with E-state index < -0.39 is 6.10 Å². The van der Waals surface area contributed by atoms with E-state index in [4.69, 9.17) is 14.6 Å². The van der Waals surface area contributed by atoms with Gasteiger partial charge in [0, 0.05) is 12.5 Å². The second-order valence-electron chi connectivity index (χ2n) is 4.38. The smallest absolute Gasteiger partial charge is 0.147 e. The highest BCUT2D eigenvalue weighted by Crippen LogP contribution is 2.07. The van der Waals surface area contributed by atoms with E-state index >= 15 is 0 Å². The fraction of sp³-hybridized carbons (Fsp3) is 0.571. The molecule has 0 aliphatic carbocycles. The van der Waals surface area contributed by atoms with Crippen LogP contribution in [-0.4, -0.2) is 36.3 Å². The van der Waals surface area contributed by atoms with Gasteiger partial charge in [-0.2, -0.15) is 0 Å². The fourth-order valence-corrected chi connectivity index (χ4v) is 1.55. The minimum atomic E-state index is -0.524. The molecule has 0 saturated carbocycles. The Labute approximate surface area is 108 Å². The van der Waals surface area contributed by atoms with Gasteiger partial charge in [-0.15, -0.1) is 0 Å². The Balaban J connectivity index is 2.05. The highest BCUT2D eigenvalue weighted by molar-refractivity contribution is 5.13. The second kappa shape index (κ2) is 9.05. The van der Waals surface area contributed by atoms with E-state index in [-0.39, 0.29) is 19.3 Å². The number of hydrogen-bond acceptors (Lipinski definition) is 4. The SMILES string of the molecule is C[C@H](COCOCc1ccccc1)[C@H](O)CCO. The molecule has 4 heteroatoms. The third kappa shape index (κ3) is 6.12. The molecule has 0 unspecified atom stereocenters. The zero-order chi connectivity index (χ0) is 13.2. The van der Waals surface area contributed by atoms with Crippen LogP contribution in [-0.2, 0) is 16.1 Å². The van der Waals surface area contributed by atoms with Crippen LogP contribution in [0, 0.1) is 5.92 Å². The Morgan fingerprint density at radius 1 is 1.17 bits per heavy atom. The van der Waals surface area contributed by atoms with Crippen molar-refractivity contribution in [3.05, 3.63) is 35.9 Å². The molecule has 0 aliphatic rings. The lowest BCUT2D eigenvalue weighted by Gasteiger charge is -2.17. The van der Waals surface area contributed by atoms with Gasteiger partial charge in [0.2, 0.25) is 0 Å². The fourth-order valence-electron chi connectivity index (χ4n) is 1.55. The van der Waals surface area contributed by atoms with Crippen LogP contribution >= 0.6 is 0 Å². The van der Waals surface area contributed by atoms with Crippen LogP contribution in [0.2, 0.25) is 0 Å². The molecule has 0 heterocycles. The molecular weight excluding hydrogens is 232 g/mol. The van der Waals surface area contributed by atoms with E-state index in [9.17, 15) is 5.11 Å². The van der Waals surface area contributed by atoms with Crippen LogP contribution in [0.4, 0.5) is 0 Å². The Bertz CT molecular complexity index is 302. The summed E-state index contributed by atoms with van der Waals surface area (Å²) in [5, 5.41) is 18.3. The highest BCUT2D eigenvalue weighted by Gasteiger charge is 2.13. The predicted octanol–water partition coefficient (Wildman–Crippen LogP) is 1.56. The Kier molecular flexibility index (Phi) is 7.60. The minimum absolute atomic E-state index is 0.00234. The van der Waals surface area contributed by atoms with Crippen molar-refractivity contribution in [2.24, 2.45) is 5.92 Å². The zero-order valence-corrected chi connectivity index (χ0v) is 10.8. The molecule has 2 atom stereocenters. The van der Waals surface area contributed by atoms with Crippen LogP contribution in [0.3, 0.4) is 0 Å². The molecule has 102 valence electrons. The summed E-state index contributed by atoms with van der Waals surface area (Å²) in [6.07, 6.45) is -0.140. The number of aliphatic hydroxyl groups is 2. The summed E-state index contributed by atoms with van der Waals surface area (Å²) in [5.74, 6) is -0.00234. The largest absolute Gasteiger partial charge is 0.396 e. The number of rotatable bonds is 9. The van der Waals surface area contributed by atoms with E-state index in [1.165, 1.54) is 0 Å². The monoisotopic (exact) mass is 254 g/mol. The molecular formula is C14H22O4. The summed E-state index contributed by atoms with van der Waals surface area (Å²) in [6, 6.07) is 9.88. The van der Waals surface area contributed by atoms with Gasteiger partial charge in [0.15, 0.2) is 0 Å². The van der Waals surface area contributed by atoms with Crippen molar-refractivity contribution in [3.63, 3.8) is 0 Å². The second-order valence-corrected chi connectivity index (χ2v) is 4.38. The van der Waals surface area contributed by atoms with Gasteiger partial charge in [-0.05, 0) is 12.0 Å². The molecule has 0 bridgehead atoms. The lowest BCUT2D eigenvalue weighted by Crippen LogP contribution is -2.23. The number of aliphatic hydroxyl groups excluding tert-OH is 2. The van der Waals surface area contributed by atoms with Gasteiger partial charge in [0.25, 0.3) is 0 Å². The maximum absolute atomic E-state index is 9.57. The quantitative estimate of drug-likeness (QED) is 0.518. The van der Waals surface area contributed by atoms with E-state index in [2.05, 4.69) is 0 Å². The van der Waals surface area contributed by atoms with Gasteiger partial charge in [0.05, 0.1) is 19.3 Å². The first-order chi connectivity index (χ1) is 8.74. The molecule has 0 radical (unpaired) electrons. The molecule has 1 rings (SSSR count). The molecule has 0 fully saturated rings. The normalized spacial score (nSPS) is 14.4. The van der Waals surface area contributed by atoms with Crippen LogP contribution in [0.25, 0.3) is 0 Å². The first kappa shape index (κ1) is 15.1. The molecule has 1 aromatic carbocycles. The molecule has 0 amide bonds. The summed E-state index contributed by atoms with van der Waals surface area (Å²) in [5.41, 5.74) is 1.11. The molecule has 18 heavy (non-hydrogen) atoms. The highest BCUT2D eigenvalue weighted by atomic mass is 16.7. The van der Waals surface area contributed by atoms with Crippen molar-refractivity contribution in [1.29, 1.82) is 0 Å². The van der Waals surface area contributed by atoms with Crippen molar-refractivity contribution < 1.29 is 19.7 Å². The van der Waals surface area contributed by atoms with Crippen molar-refractivity contribution >= 4 is 0 Å². The molecule has 0 saturated heterocycles. The summed E-state index contributed by atoms with van der Waals surface area (Å²) in [4.78, 5) is 0. The Hall–Kier alpha value is -0.940. The van der Waals surface area contributed by atoms with Gasteiger partial charge in [-0.1, -0.05) is 37.3 Å².